The molecular formula is C17H14N2S. The van der Waals surface area contributed by atoms with E-state index in [-0.39, 0.29) is 0 Å². The maximum atomic E-state index is 4.09. The number of rotatable bonds is 0. The predicted octanol–water partition coefficient (Wildman–Crippen LogP) is 4.85. The number of benzene rings is 2. The third kappa shape index (κ3) is 3.00. The molecule has 3 heteroatoms. The second kappa shape index (κ2) is 6.26. The van der Waals surface area contributed by atoms with Gasteiger partial charge < -0.3 is 4.98 Å². The molecule has 3 aromatic rings. The van der Waals surface area contributed by atoms with E-state index < -0.39 is 0 Å². The average molecular weight is 278 g/mol. The van der Waals surface area contributed by atoms with Gasteiger partial charge in [-0.1, -0.05) is 48.2 Å². The summed E-state index contributed by atoms with van der Waals surface area (Å²) < 4.78 is 0. The third-order valence-electron chi connectivity index (χ3n) is 2.94. The largest absolute Gasteiger partial charge is 0.361 e. The minimum atomic E-state index is 1.20. The molecule has 0 aliphatic carbocycles. The molecule has 1 aliphatic heterocycles. The summed E-state index contributed by atoms with van der Waals surface area (Å²) in [6, 6.07) is 18.5. The van der Waals surface area contributed by atoms with Crippen LogP contribution in [-0.4, -0.2) is 11.2 Å². The Kier molecular flexibility index (Phi) is 3.99. The number of hydrogen-bond donors (Lipinski definition) is 1. The fourth-order valence-electron chi connectivity index (χ4n) is 1.95. The van der Waals surface area contributed by atoms with E-state index >= 15 is 0 Å². The van der Waals surface area contributed by atoms with Crippen molar-refractivity contribution in [3.8, 4) is 0 Å². The van der Waals surface area contributed by atoms with Gasteiger partial charge in [0.25, 0.3) is 0 Å². The summed E-state index contributed by atoms with van der Waals surface area (Å²) >= 11 is 1.70. The molecule has 0 unspecified atom stereocenters. The zero-order valence-electron chi connectivity index (χ0n) is 10.9. The summed E-state index contributed by atoms with van der Waals surface area (Å²) in [4.78, 5) is 8.47. The molecule has 1 aliphatic rings. The maximum Gasteiger partial charge on any atom is 0.0453 e. The van der Waals surface area contributed by atoms with Crippen molar-refractivity contribution in [3.05, 3.63) is 78.0 Å². The van der Waals surface area contributed by atoms with Crippen LogP contribution in [0.5, 0.6) is 0 Å². The Balaban J connectivity index is 0.000000123. The Morgan fingerprint density at radius 2 is 1.75 bits per heavy atom. The van der Waals surface area contributed by atoms with E-state index in [0.29, 0.717) is 0 Å². The highest BCUT2D eigenvalue weighted by molar-refractivity contribution is 8.02. The summed E-state index contributed by atoms with van der Waals surface area (Å²) in [5, 5.41) is 3.26. The summed E-state index contributed by atoms with van der Waals surface area (Å²) in [7, 11) is 0. The van der Waals surface area contributed by atoms with Crippen molar-refractivity contribution in [2.24, 2.45) is 4.99 Å². The minimum Gasteiger partial charge on any atom is -0.361 e. The van der Waals surface area contributed by atoms with Crippen LogP contribution in [0.2, 0.25) is 0 Å². The van der Waals surface area contributed by atoms with Crippen LogP contribution < -0.4 is 0 Å². The SMILES string of the molecule is C1=CSc2ccccc2C=N1.c1ccc2[nH]ccc2c1. The number of thioether (sulfide) groups is 1. The number of aromatic amines is 1. The lowest BCUT2D eigenvalue weighted by Gasteiger charge is -1.97. The number of fused-ring (bicyclic) bond motifs is 2. The first-order valence-corrected chi connectivity index (χ1v) is 7.27. The molecule has 20 heavy (non-hydrogen) atoms. The Hall–Kier alpha value is -2.26. The van der Waals surface area contributed by atoms with E-state index in [0.717, 1.165) is 0 Å². The van der Waals surface area contributed by atoms with Gasteiger partial charge in [-0.15, -0.1) is 0 Å². The normalized spacial score (nSPS) is 12.4. The number of aliphatic imine (C=N–C) groups is 1. The molecule has 0 saturated carbocycles. The molecule has 1 aromatic heterocycles. The van der Waals surface area contributed by atoms with Crippen LogP contribution in [0.1, 0.15) is 5.56 Å². The molecular weight excluding hydrogens is 264 g/mol. The summed E-state index contributed by atoms with van der Waals surface area (Å²) in [5.41, 5.74) is 2.40. The molecule has 0 fully saturated rings. The van der Waals surface area contributed by atoms with Gasteiger partial charge in [0.05, 0.1) is 0 Å². The molecule has 4 rings (SSSR count). The molecule has 0 atom stereocenters. The van der Waals surface area contributed by atoms with Gasteiger partial charge in [0.1, 0.15) is 0 Å². The number of H-pyrrole nitrogens is 1. The van der Waals surface area contributed by atoms with Gasteiger partial charge in [0, 0.05) is 34.6 Å². The van der Waals surface area contributed by atoms with Crippen LogP contribution in [0.25, 0.3) is 10.9 Å². The molecule has 98 valence electrons. The monoisotopic (exact) mass is 278 g/mol. The molecule has 0 spiro atoms. The number of aromatic nitrogens is 1. The Labute approximate surface area is 122 Å². The van der Waals surface area contributed by atoms with Crippen LogP contribution in [-0.2, 0) is 0 Å². The van der Waals surface area contributed by atoms with Crippen molar-refractivity contribution in [1.82, 2.24) is 4.98 Å². The number of nitrogens with zero attached hydrogens (tertiary/aromatic N) is 1. The second-order valence-corrected chi connectivity index (χ2v) is 5.23. The van der Waals surface area contributed by atoms with Gasteiger partial charge >= 0.3 is 0 Å². The highest BCUT2D eigenvalue weighted by Gasteiger charge is 1.98. The Morgan fingerprint density at radius 3 is 2.70 bits per heavy atom. The molecule has 0 bridgehead atoms. The zero-order chi connectivity index (χ0) is 13.6. The Morgan fingerprint density at radius 1 is 0.900 bits per heavy atom. The molecule has 0 amide bonds. The van der Waals surface area contributed by atoms with Gasteiger partial charge in [0.2, 0.25) is 0 Å². The molecule has 2 nitrogen and oxygen atoms in total. The van der Waals surface area contributed by atoms with Crippen molar-refractivity contribution < 1.29 is 0 Å². The second-order valence-electron chi connectivity index (χ2n) is 4.28. The fraction of sp³-hybridized carbons (Fsp3) is 0. The number of nitrogens with one attached hydrogen (secondary N) is 1. The lowest BCUT2D eigenvalue weighted by Crippen LogP contribution is -1.81. The van der Waals surface area contributed by atoms with Gasteiger partial charge in [-0.3, -0.25) is 4.99 Å². The smallest absolute Gasteiger partial charge is 0.0453 e. The maximum absolute atomic E-state index is 4.09. The van der Waals surface area contributed by atoms with Crippen molar-refractivity contribution >= 4 is 28.9 Å². The topological polar surface area (TPSA) is 28.1 Å². The highest BCUT2D eigenvalue weighted by atomic mass is 32.2. The van der Waals surface area contributed by atoms with Gasteiger partial charge in [-0.05, 0) is 29.0 Å². The first kappa shape index (κ1) is 12.8. The van der Waals surface area contributed by atoms with Crippen molar-refractivity contribution in [1.29, 1.82) is 0 Å². The molecule has 1 N–H and O–H groups in total. The van der Waals surface area contributed by atoms with Crippen LogP contribution in [0.3, 0.4) is 0 Å². The van der Waals surface area contributed by atoms with Gasteiger partial charge in [-0.2, -0.15) is 0 Å². The zero-order valence-corrected chi connectivity index (χ0v) is 11.7. The van der Waals surface area contributed by atoms with Crippen LogP contribution >= 0.6 is 11.8 Å². The summed E-state index contributed by atoms with van der Waals surface area (Å²) in [6.45, 7) is 0. The van der Waals surface area contributed by atoms with E-state index in [4.69, 9.17) is 0 Å². The van der Waals surface area contributed by atoms with E-state index in [2.05, 4.69) is 40.3 Å². The minimum absolute atomic E-state index is 1.20. The molecule has 0 saturated heterocycles. The summed E-state index contributed by atoms with van der Waals surface area (Å²) in [6.07, 6.45) is 5.64. The first-order chi connectivity index (χ1) is 9.93. The van der Waals surface area contributed by atoms with Crippen molar-refractivity contribution in [2.45, 2.75) is 4.90 Å². The van der Waals surface area contributed by atoms with Crippen molar-refractivity contribution in [3.63, 3.8) is 0 Å². The van der Waals surface area contributed by atoms with E-state index in [1.165, 1.54) is 21.4 Å². The standard InChI is InChI=1S/C9H7NS.C8H7N/c1-2-4-9-8(3-1)7-10-5-6-11-9;1-2-4-8-7(3-1)5-6-9-8/h1-7H;1-6,9H. The summed E-state index contributed by atoms with van der Waals surface area (Å²) in [5.74, 6) is 0. The average Bonchev–Trinajstić information content (AvgIpc) is 2.85. The number of hydrogen-bond acceptors (Lipinski definition) is 2. The fourth-order valence-corrected chi connectivity index (χ4v) is 2.64. The number of para-hydroxylation sites is 1. The Bertz CT molecular complexity index is 726. The van der Waals surface area contributed by atoms with E-state index in [1.54, 1.807) is 11.8 Å². The van der Waals surface area contributed by atoms with E-state index in [9.17, 15) is 0 Å². The first-order valence-electron chi connectivity index (χ1n) is 6.39. The lowest BCUT2D eigenvalue weighted by molar-refractivity contribution is 1.44. The predicted molar refractivity (Wildman–Crippen MR) is 87.3 cm³/mol. The van der Waals surface area contributed by atoms with Crippen molar-refractivity contribution in [2.75, 3.05) is 0 Å². The van der Waals surface area contributed by atoms with E-state index in [1.807, 2.05) is 48.3 Å². The molecule has 2 heterocycles. The van der Waals surface area contributed by atoms with Crippen LogP contribution in [0.4, 0.5) is 0 Å². The van der Waals surface area contributed by atoms with Gasteiger partial charge in [0.15, 0.2) is 0 Å². The molecule has 0 radical (unpaired) electrons. The quantitative estimate of drug-likeness (QED) is 0.625. The van der Waals surface area contributed by atoms with Gasteiger partial charge in [-0.25, -0.2) is 0 Å². The molecule has 2 aromatic carbocycles. The highest BCUT2D eigenvalue weighted by Crippen LogP contribution is 2.23. The van der Waals surface area contributed by atoms with Crippen LogP contribution in [0, 0.1) is 0 Å². The lowest BCUT2D eigenvalue weighted by atomic mass is 10.2. The third-order valence-corrected chi connectivity index (χ3v) is 3.82. The van der Waals surface area contributed by atoms with Crippen LogP contribution in [0.15, 0.2) is 82.3 Å².